The number of para-hydroxylation sites is 1. The Morgan fingerprint density at radius 1 is 0.966 bits per heavy atom. The van der Waals surface area contributed by atoms with Crippen molar-refractivity contribution in [3.8, 4) is 0 Å². The Kier molecular flexibility index (Phi) is 8.25. The highest BCUT2D eigenvalue weighted by Gasteiger charge is 2.51. The fourth-order valence-corrected chi connectivity index (χ4v) is 4.70. The number of rotatable bonds is 11. The first-order valence-electron chi connectivity index (χ1n) is 11.5. The minimum atomic E-state index is -0.505. The second kappa shape index (κ2) is 10.9. The summed E-state index contributed by atoms with van der Waals surface area (Å²) in [6.45, 7) is 2.23. The Labute approximate surface area is 174 Å². The van der Waals surface area contributed by atoms with Crippen LogP contribution in [-0.4, -0.2) is 35.1 Å². The summed E-state index contributed by atoms with van der Waals surface area (Å²) in [5, 5.41) is 13.9. The maximum atomic E-state index is 12.9. The van der Waals surface area contributed by atoms with Crippen molar-refractivity contribution in [1.29, 1.82) is 0 Å². The molecule has 1 aromatic carbocycles. The van der Waals surface area contributed by atoms with E-state index in [2.05, 4.69) is 12.2 Å². The normalized spacial score (nSPS) is 25.3. The standard InChI is InChI=1S/C24H36N2O3/c1-2-3-4-5-6-7-8-12-15-21(27)20-17-16-19-22(25-20)24(29)26(23(19)28)18-13-10-9-11-14-18/h9-11,13-14,19-22,25,27H,2-8,12,15-17H2,1H3/t19?,20-,21-,22+/m1/s1. The van der Waals surface area contributed by atoms with E-state index in [0.29, 0.717) is 12.1 Å². The third-order valence-electron chi connectivity index (χ3n) is 6.44. The van der Waals surface area contributed by atoms with Crippen LogP contribution in [0.3, 0.4) is 0 Å². The monoisotopic (exact) mass is 400 g/mol. The molecule has 3 rings (SSSR count). The van der Waals surface area contributed by atoms with Crippen LogP contribution < -0.4 is 10.2 Å². The molecule has 2 saturated heterocycles. The Morgan fingerprint density at radius 3 is 2.31 bits per heavy atom. The van der Waals surface area contributed by atoms with E-state index in [-0.39, 0.29) is 23.8 Å². The molecule has 2 aliphatic rings. The third-order valence-corrected chi connectivity index (χ3v) is 6.44. The first-order valence-corrected chi connectivity index (χ1v) is 11.5. The van der Waals surface area contributed by atoms with Crippen LogP contribution >= 0.6 is 0 Å². The molecule has 0 bridgehead atoms. The van der Waals surface area contributed by atoms with Gasteiger partial charge < -0.3 is 5.11 Å². The lowest BCUT2D eigenvalue weighted by atomic mass is 9.86. The number of amides is 2. The summed E-state index contributed by atoms with van der Waals surface area (Å²) >= 11 is 0. The second-order valence-electron chi connectivity index (χ2n) is 8.61. The van der Waals surface area contributed by atoms with Gasteiger partial charge in [0.25, 0.3) is 5.91 Å². The highest BCUT2D eigenvalue weighted by molar-refractivity contribution is 6.23. The van der Waals surface area contributed by atoms with E-state index in [0.717, 1.165) is 25.7 Å². The molecule has 1 aromatic rings. The number of aliphatic hydroxyl groups is 1. The van der Waals surface area contributed by atoms with Gasteiger partial charge in [-0.25, -0.2) is 4.90 Å². The Morgan fingerprint density at radius 2 is 1.62 bits per heavy atom. The highest BCUT2D eigenvalue weighted by Crippen LogP contribution is 2.33. The lowest BCUT2D eigenvalue weighted by Crippen LogP contribution is -2.54. The average Bonchev–Trinajstić information content (AvgIpc) is 3.00. The fourth-order valence-electron chi connectivity index (χ4n) is 4.70. The van der Waals surface area contributed by atoms with Crippen LogP contribution in [0, 0.1) is 5.92 Å². The number of anilines is 1. The van der Waals surface area contributed by atoms with Gasteiger partial charge >= 0.3 is 0 Å². The predicted molar refractivity (Wildman–Crippen MR) is 116 cm³/mol. The molecule has 0 radical (unpaired) electrons. The van der Waals surface area contributed by atoms with Gasteiger partial charge in [-0.1, -0.05) is 76.5 Å². The topological polar surface area (TPSA) is 69.6 Å². The van der Waals surface area contributed by atoms with E-state index >= 15 is 0 Å². The van der Waals surface area contributed by atoms with Crippen LogP contribution in [0.1, 0.15) is 77.6 Å². The molecule has 5 heteroatoms. The predicted octanol–water partition coefficient (Wildman–Crippen LogP) is 4.19. The molecule has 0 aromatic heterocycles. The van der Waals surface area contributed by atoms with Crippen molar-refractivity contribution in [2.24, 2.45) is 5.92 Å². The molecule has 0 spiro atoms. The number of hydrogen-bond acceptors (Lipinski definition) is 4. The van der Waals surface area contributed by atoms with Crippen LogP contribution in [0.15, 0.2) is 30.3 Å². The molecule has 2 heterocycles. The van der Waals surface area contributed by atoms with Gasteiger partial charge in [-0.15, -0.1) is 0 Å². The summed E-state index contributed by atoms with van der Waals surface area (Å²) < 4.78 is 0. The van der Waals surface area contributed by atoms with E-state index in [1.807, 2.05) is 18.2 Å². The zero-order valence-electron chi connectivity index (χ0n) is 17.7. The molecule has 2 amide bonds. The van der Waals surface area contributed by atoms with Gasteiger partial charge in [0.1, 0.15) is 0 Å². The number of piperidine rings is 1. The van der Waals surface area contributed by atoms with Crippen LogP contribution in [0.5, 0.6) is 0 Å². The number of carbonyl (C=O) groups excluding carboxylic acids is 2. The minimum Gasteiger partial charge on any atom is -0.392 e. The molecule has 160 valence electrons. The van der Waals surface area contributed by atoms with Gasteiger partial charge in [0, 0.05) is 6.04 Å². The lowest BCUT2D eigenvalue weighted by Gasteiger charge is -2.33. The van der Waals surface area contributed by atoms with Crippen molar-refractivity contribution in [3.63, 3.8) is 0 Å². The fraction of sp³-hybridized carbons (Fsp3) is 0.667. The van der Waals surface area contributed by atoms with E-state index in [1.165, 1.54) is 43.4 Å². The summed E-state index contributed by atoms with van der Waals surface area (Å²) in [6, 6.07) is 8.52. The molecule has 0 saturated carbocycles. The molecule has 2 fully saturated rings. The van der Waals surface area contributed by atoms with Crippen LogP contribution in [0.25, 0.3) is 0 Å². The van der Waals surface area contributed by atoms with Gasteiger partial charge in [0.05, 0.1) is 23.8 Å². The molecule has 29 heavy (non-hydrogen) atoms. The maximum Gasteiger partial charge on any atom is 0.251 e. The number of fused-ring (bicyclic) bond motifs is 1. The number of nitrogens with zero attached hydrogens (tertiary/aromatic N) is 1. The average molecular weight is 401 g/mol. The van der Waals surface area contributed by atoms with Crippen LogP contribution in [-0.2, 0) is 9.59 Å². The summed E-state index contributed by atoms with van der Waals surface area (Å²) in [4.78, 5) is 27.0. The number of nitrogens with one attached hydrogen (secondary N) is 1. The Hall–Kier alpha value is -1.72. The number of unbranched alkanes of at least 4 members (excludes halogenated alkanes) is 7. The van der Waals surface area contributed by atoms with Crippen molar-refractivity contribution in [2.75, 3.05) is 4.90 Å². The first kappa shape index (κ1) is 22.0. The summed E-state index contributed by atoms with van der Waals surface area (Å²) in [6.07, 6.45) is 11.6. The number of imide groups is 1. The summed E-state index contributed by atoms with van der Waals surface area (Å²) in [7, 11) is 0. The second-order valence-corrected chi connectivity index (χ2v) is 8.61. The molecule has 4 atom stereocenters. The van der Waals surface area contributed by atoms with Gasteiger partial charge in [-0.05, 0) is 31.4 Å². The number of hydrogen-bond donors (Lipinski definition) is 2. The van der Waals surface area contributed by atoms with Crippen LogP contribution in [0.4, 0.5) is 5.69 Å². The largest absolute Gasteiger partial charge is 0.392 e. The first-order chi connectivity index (χ1) is 14.1. The van der Waals surface area contributed by atoms with E-state index in [1.54, 1.807) is 12.1 Å². The number of aliphatic hydroxyl groups excluding tert-OH is 1. The highest BCUT2D eigenvalue weighted by atomic mass is 16.3. The SMILES string of the molecule is CCCCCCCCCC[C@@H](O)[C@H]1CCC2C(=O)N(c3ccccc3)C(=O)[C@H]2N1. The third kappa shape index (κ3) is 5.46. The quantitative estimate of drug-likeness (QED) is 0.432. The smallest absolute Gasteiger partial charge is 0.251 e. The van der Waals surface area contributed by atoms with E-state index in [9.17, 15) is 14.7 Å². The zero-order chi connectivity index (χ0) is 20.6. The number of benzene rings is 1. The van der Waals surface area contributed by atoms with Gasteiger partial charge in [-0.3, -0.25) is 14.9 Å². The summed E-state index contributed by atoms with van der Waals surface area (Å²) in [5.74, 6) is -0.612. The lowest BCUT2D eigenvalue weighted by molar-refractivity contribution is -0.122. The molecule has 2 N–H and O–H groups in total. The molecule has 5 nitrogen and oxygen atoms in total. The van der Waals surface area contributed by atoms with E-state index in [4.69, 9.17) is 0 Å². The number of carbonyl (C=O) groups is 2. The molecule has 1 unspecified atom stereocenters. The van der Waals surface area contributed by atoms with Crippen molar-refractivity contribution in [1.82, 2.24) is 5.32 Å². The van der Waals surface area contributed by atoms with Crippen molar-refractivity contribution in [2.45, 2.75) is 95.7 Å². The Balaban J connectivity index is 1.44. The van der Waals surface area contributed by atoms with Crippen molar-refractivity contribution in [3.05, 3.63) is 30.3 Å². The molecule has 2 aliphatic heterocycles. The van der Waals surface area contributed by atoms with Crippen molar-refractivity contribution >= 4 is 17.5 Å². The zero-order valence-corrected chi connectivity index (χ0v) is 17.7. The maximum absolute atomic E-state index is 12.9. The van der Waals surface area contributed by atoms with Crippen LogP contribution in [0.2, 0.25) is 0 Å². The molecular weight excluding hydrogens is 364 g/mol. The molecule has 0 aliphatic carbocycles. The Bertz CT molecular complexity index is 663. The minimum absolute atomic E-state index is 0.103. The van der Waals surface area contributed by atoms with Gasteiger partial charge in [0.15, 0.2) is 0 Å². The van der Waals surface area contributed by atoms with E-state index < -0.39 is 12.1 Å². The van der Waals surface area contributed by atoms with Gasteiger partial charge in [0.2, 0.25) is 5.91 Å². The molecular formula is C24H36N2O3. The van der Waals surface area contributed by atoms with Gasteiger partial charge in [-0.2, -0.15) is 0 Å². The summed E-state index contributed by atoms with van der Waals surface area (Å²) in [5.41, 5.74) is 0.634. The van der Waals surface area contributed by atoms with Crippen molar-refractivity contribution < 1.29 is 14.7 Å².